The first kappa shape index (κ1) is 22.0. The van der Waals surface area contributed by atoms with Crippen LogP contribution in [-0.4, -0.2) is 43.3 Å². The number of para-hydroxylation sites is 1. The maximum absolute atomic E-state index is 13.9. The fourth-order valence-electron chi connectivity index (χ4n) is 4.12. The summed E-state index contributed by atoms with van der Waals surface area (Å²) in [5, 5.41) is 9.49. The molecule has 2 atom stereocenters. The van der Waals surface area contributed by atoms with Gasteiger partial charge in [-0.1, -0.05) is 30.3 Å². The van der Waals surface area contributed by atoms with Crippen LogP contribution in [-0.2, 0) is 11.0 Å². The zero-order valence-electron chi connectivity index (χ0n) is 16.8. The van der Waals surface area contributed by atoms with Crippen LogP contribution >= 0.6 is 0 Å². The Kier molecular flexibility index (Phi) is 6.55. The molecule has 1 saturated heterocycles. The number of benzene rings is 2. The summed E-state index contributed by atoms with van der Waals surface area (Å²) in [6.45, 7) is 0.619. The van der Waals surface area contributed by atoms with Crippen LogP contribution in [0.1, 0.15) is 35.6 Å². The molecule has 0 aliphatic carbocycles. The van der Waals surface area contributed by atoms with E-state index in [9.17, 15) is 23.1 Å². The molecule has 2 aromatic rings. The Labute approximate surface area is 173 Å². The van der Waals surface area contributed by atoms with Gasteiger partial charge in [-0.25, -0.2) is 0 Å². The van der Waals surface area contributed by atoms with Crippen molar-refractivity contribution < 1.29 is 32.5 Å². The molecular weight excluding hydrogens is 399 g/mol. The van der Waals surface area contributed by atoms with E-state index in [0.29, 0.717) is 36.4 Å². The van der Waals surface area contributed by atoms with Gasteiger partial charge >= 0.3 is 12.1 Å². The molecule has 0 amide bonds. The van der Waals surface area contributed by atoms with Gasteiger partial charge in [-0.2, -0.15) is 13.2 Å². The van der Waals surface area contributed by atoms with Gasteiger partial charge in [0.05, 0.1) is 31.7 Å². The van der Waals surface area contributed by atoms with E-state index in [2.05, 4.69) is 0 Å². The molecule has 8 heteroatoms. The van der Waals surface area contributed by atoms with E-state index in [0.717, 1.165) is 6.07 Å². The second-order valence-electron chi connectivity index (χ2n) is 7.24. The van der Waals surface area contributed by atoms with Crippen LogP contribution in [0.5, 0.6) is 11.5 Å². The number of likely N-dealkylation sites (tertiary alicyclic amines) is 1. The zero-order chi connectivity index (χ0) is 21.9. The summed E-state index contributed by atoms with van der Waals surface area (Å²) in [7, 11) is 2.89. The van der Waals surface area contributed by atoms with Crippen molar-refractivity contribution in [2.75, 3.05) is 27.3 Å². The maximum Gasteiger partial charge on any atom is 0.416 e. The van der Waals surface area contributed by atoms with Crippen molar-refractivity contribution in [3.05, 3.63) is 59.2 Å². The lowest BCUT2D eigenvalue weighted by Gasteiger charge is -2.39. The number of nitrogens with zero attached hydrogens (tertiary/aromatic N) is 1. The predicted molar refractivity (Wildman–Crippen MR) is 105 cm³/mol. The normalized spacial score (nSPS) is 18.6. The molecule has 0 spiro atoms. The van der Waals surface area contributed by atoms with E-state index >= 15 is 0 Å². The molecule has 1 heterocycles. The Morgan fingerprint density at radius 1 is 1.10 bits per heavy atom. The van der Waals surface area contributed by atoms with E-state index in [1.165, 1.54) is 26.4 Å². The molecule has 1 aliphatic heterocycles. The van der Waals surface area contributed by atoms with Crippen LogP contribution in [0.15, 0.2) is 42.5 Å². The van der Waals surface area contributed by atoms with Gasteiger partial charge in [-0.3, -0.25) is 9.69 Å². The van der Waals surface area contributed by atoms with Crippen molar-refractivity contribution in [1.82, 2.24) is 4.90 Å². The topological polar surface area (TPSA) is 59.0 Å². The minimum atomic E-state index is -4.55. The van der Waals surface area contributed by atoms with Crippen LogP contribution in [0.3, 0.4) is 0 Å². The lowest BCUT2D eigenvalue weighted by atomic mass is 9.88. The second kappa shape index (κ2) is 8.95. The van der Waals surface area contributed by atoms with Gasteiger partial charge in [0.15, 0.2) is 11.5 Å². The molecule has 1 fully saturated rings. The van der Waals surface area contributed by atoms with E-state index in [1.54, 1.807) is 29.2 Å². The summed E-state index contributed by atoms with van der Waals surface area (Å²) in [6, 6.07) is 9.62. The number of hydrogen-bond donors (Lipinski definition) is 1. The first-order valence-electron chi connectivity index (χ1n) is 9.61. The molecule has 30 heavy (non-hydrogen) atoms. The number of carboxylic acids is 1. The first-order valence-corrected chi connectivity index (χ1v) is 9.61. The molecule has 1 aliphatic rings. The highest BCUT2D eigenvalue weighted by Gasteiger charge is 2.39. The van der Waals surface area contributed by atoms with E-state index in [1.807, 2.05) is 0 Å². The molecule has 1 N–H and O–H groups in total. The first-order chi connectivity index (χ1) is 14.3. The third-order valence-electron chi connectivity index (χ3n) is 5.46. The lowest BCUT2D eigenvalue weighted by molar-refractivity contribution is -0.144. The summed E-state index contributed by atoms with van der Waals surface area (Å²) in [5.74, 6) is -0.855. The average Bonchev–Trinajstić information content (AvgIpc) is 2.73. The van der Waals surface area contributed by atoms with Gasteiger partial charge in [-0.15, -0.1) is 0 Å². The lowest BCUT2D eigenvalue weighted by Crippen LogP contribution is -2.41. The molecule has 0 saturated carbocycles. The third kappa shape index (κ3) is 4.38. The van der Waals surface area contributed by atoms with Crippen molar-refractivity contribution in [2.45, 2.75) is 25.1 Å². The van der Waals surface area contributed by atoms with Gasteiger partial charge < -0.3 is 14.6 Å². The smallest absolute Gasteiger partial charge is 0.416 e. The van der Waals surface area contributed by atoms with Crippen LogP contribution in [0.4, 0.5) is 13.2 Å². The highest BCUT2D eigenvalue weighted by atomic mass is 19.4. The summed E-state index contributed by atoms with van der Waals surface area (Å²) in [4.78, 5) is 13.4. The molecule has 5 nitrogen and oxygen atoms in total. The summed E-state index contributed by atoms with van der Waals surface area (Å²) in [5.41, 5.74) is -0.195. The molecule has 3 rings (SSSR count). The third-order valence-corrected chi connectivity index (χ3v) is 5.46. The van der Waals surface area contributed by atoms with Crippen LogP contribution in [0.2, 0.25) is 0 Å². The Morgan fingerprint density at radius 3 is 2.43 bits per heavy atom. The summed E-state index contributed by atoms with van der Waals surface area (Å²) in [6.07, 6.45) is -3.48. The van der Waals surface area contributed by atoms with Crippen LogP contribution in [0, 0.1) is 5.92 Å². The Balaban J connectivity index is 2.21. The predicted octanol–water partition coefficient (Wildman–Crippen LogP) is 4.61. The molecule has 0 aromatic heterocycles. The van der Waals surface area contributed by atoms with Crippen LogP contribution < -0.4 is 9.47 Å². The number of alkyl halides is 3. The Bertz CT molecular complexity index is 900. The molecule has 0 radical (unpaired) electrons. The van der Waals surface area contributed by atoms with Gasteiger partial charge in [0.25, 0.3) is 0 Å². The molecule has 2 aromatic carbocycles. The van der Waals surface area contributed by atoms with Crippen molar-refractivity contribution in [2.24, 2.45) is 5.92 Å². The summed E-state index contributed by atoms with van der Waals surface area (Å²) < 4.78 is 52.4. The largest absolute Gasteiger partial charge is 0.493 e. The van der Waals surface area contributed by atoms with Gasteiger partial charge in [0.2, 0.25) is 0 Å². The molecular formula is C22H24F3NO4. The van der Waals surface area contributed by atoms with Crippen molar-refractivity contribution >= 4 is 5.97 Å². The Hall–Kier alpha value is -2.74. The minimum absolute atomic E-state index is 0.0580. The number of halogens is 3. The van der Waals surface area contributed by atoms with Crippen molar-refractivity contribution in [1.29, 1.82) is 0 Å². The number of rotatable bonds is 6. The standard InChI is InChI=1S/C22H24F3NO4/c1-29-18-11-5-9-16(20(18)30-2)19(26-12-6-7-14(13-26)21(27)28)15-8-3-4-10-17(15)22(23,24)25/h3-5,8-11,14,19H,6-7,12-13H2,1-2H3,(H,27,28). The zero-order valence-corrected chi connectivity index (χ0v) is 16.8. The number of aliphatic carboxylic acids is 1. The van der Waals surface area contributed by atoms with Crippen molar-refractivity contribution in [3.8, 4) is 11.5 Å². The monoisotopic (exact) mass is 423 g/mol. The second-order valence-corrected chi connectivity index (χ2v) is 7.24. The number of ether oxygens (including phenoxy) is 2. The number of carboxylic acid groups (broad SMARTS) is 1. The number of methoxy groups -OCH3 is 2. The van der Waals surface area contributed by atoms with Gasteiger partial charge in [-0.05, 0) is 37.1 Å². The van der Waals surface area contributed by atoms with Gasteiger partial charge in [0.1, 0.15) is 0 Å². The highest BCUT2D eigenvalue weighted by Crippen LogP contribution is 2.45. The highest BCUT2D eigenvalue weighted by molar-refractivity contribution is 5.70. The molecule has 162 valence electrons. The SMILES string of the molecule is COc1cccc(C(c2ccccc2C(F)(F)F)N2CCCC(C(=O)O)C2)c1OC. The van der Waals surface area contributed by atoms with E-state index in [4.69, 9.17) is 9.47 Å². The van der Waals surface area contributed by atoms with Gasteiger partial charge in [0, 0.05) is 12.1 Å². The number of hydrogen-bond acceptors (Lipinski definition) is 4. The fourth-order valence-corrected chi connectivity index (χ4v) is 4.12. The molecule has 2 unspecified atom stereocenters. The molecule has 0 bridgehead atoms. The van der Waals surface area contributed by atoms with Crippen molar-refractivity contribution in [3.63, 3.8) is 0 Å². The Morgan fingerprint density at radius 2 is 1.80 bits per heavy atom. The fraction of sp³-hybridized carbons (Fsp3) is 0.409. The average molecular weight is 423 g/mol. The minimum Gasteiger partial charge on any atom is -0.493 e. The quantitative estimate of drug-likeness (QED) is 0.736. The van der Waals surface area contributed by atoms with E-state index in [-0.39, 0.29) is 12.1 Å². The number of piperidine rings is 1. The maximum atomic E-state index is 13.9. The van der Waals surface area contributed by atoms with Crippen LogP contribution in [0.25, 0.3) is 0 Å². The number of carbonyl (C=O) groups is 1. The summed E-state index contributed by atoms with van der Waals surface area (Å²) >= 11 is 0. The van der Waals surface area contributed by atoms with E-state index < -0.39 is 29.7 Å².